The van der Waals surface area contributed by atoms with Crippen molar-refractivity contribution in [1.82, 2.24) is 9.97 Å². The average molecular weight is 225 g/mol. The van der Waals surface area contributed by atoms with Gasteiger partial charge in [0.25, 0.3) is 0 Å². The van der Waals surface area contributed by atoms with E-state index in [0.717, 1.165) is 30.3 Å². The molecule has 0 spiro atoms. The highest BCUT2D eigenvalue weighted by Crippen LogP contribution is 2.29. The Balaban J connectivity index is 2.33. The van der Waals surface area contributed by atoms with Crippen LogP contribution in [0.5, 0.6) is 0 Å². The van der Waals surface area contributed by atoms with Crippen LogP contribution in [0.4, 0.5) is 17.3 Å². The maximum Gasteiger partial charge on any atom is 0.153 e. The van der Waals surface area contributed by atoms with E-state index in [2.05, 4.69) is 14.9 Å². The van der Waals surface area contributed by atoms with Gasteiger partial charge in [-0.2, -0.15) is 11.8 Å². The molecular weight excluding hydrogens is 210 g/mol. The number of nitrogens with zero attached hydrogens (tertiary/aromatic N) is 3. The predicted molar refractivity (Wildman–Crippen MR) is 65.1 cm³/mol. The number of aromatic nitrogens is 2. The minimum atomic E-state index is 0.493. The van der Waals surface area contributed by atoms with Crippen LogP contribution in [0.3, 0.4) is 0 Å². The van der Waals surface area contributed by atoms with E-state index in [1.165, 1.54) is 0 Å². The Labute approximate surface area is 93.3 Å². The molecule has 0 atom stereocenters. The fourth-order valence-corrected chi connectivity index (χ4v) is 2.62. The van der Waals surface area contributed by atoms with Crippen LogP contribution in [0.15, 0.2) is 0 Å². The first-order valence-corrected chi connectivity index (χ1v) is 6.06. The van der Waals surface area contributed by atoms with Crippen molar-refractivity contribution in [3.05, 3.63) is 5.82 Å². The Morgan fingerprint density at radius 1 is 1.13 bits per heavy atom. The minimum absolute atomic E-state index is 0.493. The maximum absolute atomic E-state index is 5.87. The van der Waals surface area contributed by atoms with Crippen molar-refractivity contribution < 1.29 is 0 Å². The standard InChI is InChI=1S/C9H15N5S/c1-6-12-8(10)7(9(11)13-6)14-2-4-15-5-3-14/h2-5H2,1H3,(H4,10,11,12,13). The lowest BCUT2D eigenvalue weighted by Crippen LogP contribution is -2.34. The van der Waals surface area contributed by atoms with E-state index in [0.29, 0.717) is 17.5 Å². The van der Waals surface area contributed by atoms with Crippen LogP contribution in [0.1, 0.15) is 5.82 Å². The molecule has 1 aliphatic rings. The molecule has 82 valence electrons. The van der Waals surface area contributed by atoms with Gasteiger partial charge in [0.05, 0.1) is 0 Å². The molecule has 5 nitrogen and oxygen atoms in total. The van der Waals surface area contributed by atoms with E-state index in [4.69, 9.17) is 11.5 Å². The molecule has 1 aromatic heterocycles. The minimum Gasteiger partial charge on any atom is -0.382 e. The molecule has 2 heterocycles. The van der Waals surface area contributed by atoms with Gasteiger partial charge < -0.3 is 16.4 Å². The lowest BCUT2D eigenvalue weighted by Gasteiger charge is -2.29. The number of aryl methyl sites for hydroxylation is 1. The van der Waals surface area contributed by atoms with E-state index in [-0.39, 0.29) is 0 Å². The van der Waals surface area contributed by atoms with Gasteiger partial charge in [-0.15, -0.1) is 0 Å². The van der Waals surface area contributed by atoms with Crippen molar-refractivity contribution in [1.29, 1.82) is 0 Å². The molecule has 1 saturated heterocycles. The van der Waals surface area contributed by atoms with Crippen LogP contribution in [-0.2, 0) is 0 Å². The molecule has 1 aromatic rings. The highest BCUT2D eigenvalue weighted by Gasteiger charge is 2.18. The first-order chi connectivity index (χ1) is 7.18. The third-order valence-electron chi connectivity index (χ3n) is 2.38. The van der Waals surface area contributed by atoms with Crippen LogP contribution in [0, 0.1) is 6.92 Å². The summed E-state index contributed by atoms with van der Waals surface area (Å²) in [4.78, 5) is 10.5. The summed E-state index contributed by atoms with van der Waals surface area (Å²) in [5.74, 6) is 3.82. The van der Waals surface area contributed by atoms with Crippen molar-refractivity contribution in [2.75, 3.05) is 41.0 Å². The molecule has 1 aliphatic heterocycles. The molecule has 0 radical (unpaired) electrons. The third-order valence-corrected chi connectivity index (χ3v) is 3.32. The second-order valence-corrected chi connectivity index (χ2v) is 4.71. The normalized spacial score (nSPS) is 16.7. The topological polar surface area (TPSA) is 81.1 Å². The Bertz CT molecular complexity index is 339. The van der Waals surface area contributed by atoms with E-state index in [1.54, 1.807) is 6.92 Å². The average Bonchev–Trinajstić information content (AvgIpc) is 2.17. The van der Waals surface area contributed by atoms with Gasteiger partial charge in [-0.05, 0) is 6.92 Å². The van der Waals surface area contributed by atoms with Crippen LogP contribution in [0.2, 0.25) is 0 Å². The Hall–Kier alpha value is -1.17. The molecule has 0 aromatic carbocycles. The highest BCUT2D eigenvalue weighted by molar-refractivity contribution is 7.99. The van der Waals surface area contributed by atoms with E-state index >= 15 is 0 Å². The molecule has 0 amide bonds. The second-order valence-electron chi connectivity index (χ2n) is 3.49. The summed E-state index contributed by atoms with van der Waals surface area (Å²) in [5, 5.41) is 0. The predicted octanol–water partition coefficient (Wildman–Crippen LogP) is 0.503. The third kappa shape index (κ3) is 2.09. The monoisotopic (exact) mass is 225 g/mol. The van der Waals surface area contributed by atoms with Gasteiger partial charge in [-0.1, -0.05) is 0 Å². The van der Waals surface area contributed by atoms with Crippen molar-refractivity contribution in [2.45, 2.75) is 6.92 Å². The van der Waals surface area contributed by atoms with Gasteiger partial charge in [0.15, 0.2) is 11.6 Å². The molecule has 0 aliphatic carbocycles. The van der Waals surface area contributed by atoms with Gasteiger partial charge in [-0.25, -0.2) is 9.97 Å². The molecule has 2 rings (SSSR count). The van der Waals surface area contributed by atoms with Crippen molar-refractivity contribution >= 4 is 29.1 Å². The van der Waals surface area contributed by atoms with Gasteiger partial charge in [0, 0.05) is 24.6 Å². The Kier molecular flexibility index (Phi) is 2.86. The molecule has 6 heteroatoms. The molecule has 15 heavy (non-hydrogen) atoms. The number of hydrogen-bond donors (Lipinski definition) is 2. The number of rotatable bonds is 1. The number of nitrogen functional groups attached to an aromatic ring is 2. The molecule has 0 unspecified atom stereocenters. The van der Waals surface area contributed by atoms with Crippen LogP contribution >= 0.6 is 11.8 Å². The smallest absolute Gasteiger partial charge is 0.153 e. The first kappa shape index (κ1) is 10.4. The first-order valence-electron chi connectivity index (χ1n) is 4.91. The Morgan fingerprint density at radius 3 is 2.20 bits per heavy atom. The molecule has 0 bridgehead atoms. The second kappa shape index (κ2) is 4.14. The zero-order chi connectivity index (χ0) is 10.8. The summed E-state index contributed by atoms with van der Waals surface area (Å²) in [6.45, 7) is 3.72. The largest absolute Gasteiger partial charge is 0.382 e. The number of nitrogens with two attached hydrogens (primary N) is 2. The van der Waals surface area contributed by atoms with Crippen molar-refractivity contribution in [3.63, 3.8) is 0 Å². The van der Waals surface area contributed by atoms with Gasteiger partial charge in [-0.3, -0.25) is 0 Å². The summed E-state index contributed by atoms with van der Waals surface area (Å²) >= 11 is 1.94. The fraction of sp³-hybridized carbons (Fsp3) is 0.556. The summed E-state index contributed by atoms with van der Waals surface area (Å²) in [6, 6.07) is 0. The van der Waals surface area contributed by atoms with E-state index < -0.39 is 0 Å². The molecular formula is C9H15N5S. The lowest BCUT2D eigenvalue weighted by molar-refractivity contribution is 0.851. The fourth-order valence-electron chi connectivity index (χ4n) is 1.72. The van der Waals surface area contributed by atoms with Crippen molar-refractivity contribution in [2.24, 2.45) is 0 Å². The van der Waals surface area contributed by atoms with Crippen LogP contribution in [0.25, 0.3) is 0 Å². The summed E-state index contributed by atoms with van der Waals surface area (Å²) in [7, 11) is 0. The zero-order valence-corrected chi connectivity index (χ0v) is 9.55. The van der Waals surface area contributed by atoms with Gasteiger partial charge in [0.1, 0.15) is 11.5 Å². The molecule has 0 saturated carbocycles. The van der Waals surface area contributed by atoms with Crippen LogP contribution in [-0.4, -0.2) is 34.6 Å². The van der Waals surface area contributed by atoms with E-state index in [1.807, 2.05) is 11.8 Å². The highest BCUT2D eigenvalue weighted by atomic mass is 32.2. The maximum atomic E-state index is 5.87. The SMILES string of the molecule is Cc1nc(N)c(N2CCSCC2)c(N)n1. The number of hydrogen-bond acceptors (Lipinski definition) is 6. The number of thioether (sulfide) groups is 1. The molecule has 1 fully saturated rings. The summed E-state index contributed by atoms with van der Waals surface area (Å²) < 4.78 is 0. The quantitative estimate of drug-likeness (QED) is 0.724. The van der Waals surface area contributed by atoms with Crippen molar-refractivity contribution in [3.8, 4) is 0 Å². The summed E-state index contributed by atoms with van der Waals surface area (Å²) in [6.07, 6.45) is 0. The Morgan fingerprint density at radius 2 is 1.67 bits per heavy atom. The number of anilines is 3. The summed E-state index contributed by atoms with van der Waals surface area (Å²) in [5.41, 5.74) is 12.6. The van der Waals surface area contributed by atoms with Crippen LogP contribution < -0.4 is 16.4 Å². The van der Waals surface area contributed by atoms with E-state index in [9.17, 15) is 0 Å². The lowest BCUT2D eigenvalue weighted by atomic mass is 10.3. The van der Waals surface area contributed by atoms with Gasteiger partial charge in [0.2, 0.25) is 0 Å². The van der Waals surface area contributed by atoms with Gasteiger partial charge >= 0.3 is 0 Å². The zero-order valence-electron chi connectivity index (χ0n) is 8.73. The molecule has 4 N–H and O–H groups in total.